The van der Waals surface area contributed by atoms with Crippen LogP contribution < -0.4 is 0 Å². The number of Topliss-reactive ketones (excluding diaryl/α,β-unsaturated/α-hetero) is 1. The fourth-order valence-electron chi connectivity index (χ4n) is 1.71. The molecule has 0 aliphatic rings. The molecule has 4 heteroatoms. The van der Waals surface area contributed by atoms with Gasteiger partial charge in [0.1, 0.15) is 13.0 Å². The van der Waals surface area contributed by atoms with Crippen LogP contribution in [0.4, 0.5) is 0 Å². The predicted octanol–water partition coefficient (Wildman–Crippen LogP) is 2.90. The lowest BCUT2D eigenvalue weighted by atomic mass is 9.98. The molecule has 1 unspecified atom stereocenters. The van der Waals surface area contributed by atoms with Crippen molar-refractivity contribution in [2.75, 3.05) is 13.2 Å². The molecule has 1 N–H and O–H groups in total. The van der Waals surface area contributed by atoms with Crippen molar-refractivity contribution < 1.29 is 19.4 Å². The smallest absolute Gasteiger partial charge is 0.310 e. The molecule has 0 aromatic rings. The third-order valence-corrected chi connectivity index (χ3v) is 2.84. The number of carbonyl (C=O) groups is 2. The Bertz CT molecular complexity index is 248. The molecule has 18 heavy (non-hydrogen) atoms. The van der Waals surface area contributed by atoms with E-state index >= 15 is 0 Å². The summed E-state index contributed by atoms with van der Waals surface area (Å²) in [6.45, 7) is 7.09. The highest BCUT2D eigenvalue weighted by Gasteiger charge is 2.08. The highest BCUT2D eigenvalue weighted by atomic mass is 16.5. The fourth-order valence-corrected chi connectivity index (χ4v) is 1.71. The molecule has 106 valence electrons. The first kappa shape index (κ1) is 17.1. The molecule has 0 heterocycles. The topological polar surface area (TPSA) is 63.6 Å². The Balaban J connectivity index is 3.42. The van der Waals surface area contributed by atoms with Crippen LogP contribution in [0.2, 0.25) is 0 Å². The summed E-state index contributed by atoms with van der Waals surface area (Å²) >= 11 is 0. The minimum atomic E-state index is -1.09. The summed E-state index contributed by atoms with van der Waals surface area (Å²) in [4.78, 5) is 21.3. The average molecular weight is 258 g/mol. The summed E-state index contributed by atoms with van der Waals surface area (Å²) in [5.74, 6) is -0.110. The van der Waals surface area contributed by atoms with Gasteiger partial charge in [0, 0.05) is 6.61 Å². The maximum absolute atomic E-state index is 11.0. The minimum absolute atomic E-state index is 0.0784. The van der Waals surface area contributed by atoms with E-state index in [9.17, 15) is 9.59 Å². The lowest BCUT2D eigenvalue weighted by molar-refractivity contribution is -0.141. The molecule has 0 saturated carbocycles. The molecule has 0 rings (SSSR count). The van der Waals surface area contributed by atoms with Gasteiger partial charge in [0.15, 0.2) is 5.78 Å². The normalized spacial score (nSPS) is 12.7. The molecule has 0 aliphatic heterocycles. The van der Waals surface area contributed by atoms with Crippen molar-refractivity contribution >= 4 is 11.8 Å². The van der Waals surface area contributed by atoms with Gasteiger partial charge in [0.2, 0.25) is 0 Å². The van der Waals surface area contributed by atoms with Crippen molar-refractivity contribution in [3.05, 3.63) is 0 Å². The fraction of sp³-hybridized carbons (Fsp3) is 0.857. The van der Waals surface area contributed by atoms with E-state index in [1.54, 1.807) is 0 Å². The molecular weight excluding hydrogens is 232 g/mol. The number of aliphatic carboxylic acids is 1. The van der Waals surface area contributed by atoms with Gasteiger partial charge in [-0.15, -0.1) is 0 Å². The van der Waals surface area contributed by atoms with Gasteiger partial charge in [0.05, 0.1) is 0 Å². The molecule has 0 radical (unpaired) electrons. The lowest BCUT2D eigenvalue weighted by Gasteiger charge is -2.12. The van der Waals surface area contributed by atoms with Gasteiger partial charge in [-0.05, 0) is 18.3 Å². The zero-order valence-corrected chi connectivity index (χ0v) is 11.8. The van der Waals surface area contributed by atoms with Gasteiger partial charge in [-0.3, -0.25) is 9.59 Å². The van der Waals surface area contributed by atoms with Crippen LogP contribution in [0, 0.1) is 11.8 Å². The van der Waals surface area contributed by atoms with Crippen LogP contribution >= 0.6 is 0 Å². The minimum Gasteiger partial charge on any atom is -0.481 e. The second-order valence-electron chi connectivity index (χ2n) is 5.38. The van der Waals surface area contributed by atoms with Crippen LogP contribution in [0.15, 0.2) is 0 Å². The Labute approximate surface area is 110 Å². The number of ketones is 1. The Morgan fingerprint density at radius 1 is 1.11 bits per heavy atom. The van der Waals surface area contributed by atoms with E-state index < -0.39 is 12.4 Å². The van der Waals surface area contributed by atoms with Gasteiger partial charge in [-0.1, -0.05) is 40.0 Å². The van der Waals surface area contributed by atoms with E-state index in [1.807, 2.05) is 0 Å². The van der Waals surface area contributed by atoms with Crippen molar-refractivity contribution in [3.63, 3.8) is 0 Å². The predicted molar refractivity (Wildman–Crippen MR) is 70.5 cm³/mol. The summed E-state index contributed by atoms with van der Waals surface area (Å²) in [5.41, 5.74) is 0. The van der Waals surface area contributed by atoms with Crippen molar-refractivity contribution in [2.45, 2.75) is 52.9 Å². The SMILES string of the molecule is CC(C)CCCC(C)CCOCC(=O)CC(=O)O. The molecular formula is C14H26O4. The Kier molecular flexibility index (Phi) is 9.56. The van der Waals surface area contributed by atoms with Crippen LogP contribution in [-0.4, -0.2) is 30.1 Å². The van der Waals surface area contributed by atoms with E-state index in [2.05, 4.69) is 20.8 Å². The molecule has 0 bridgehead atoms. The van der Waals surface area contributed by atoms with Crippen LogP contribution in [0.5, 0.6) is 0 Å². The number of hydrogen-bond donors (Lipinski definition) is 1. The quantitative estimate of drug-likeness (QED) is 0.457. The van der Waals surface area contributed by atoms with E-state index in [4.69, 9.17) is 9.84 Å². The second kappa shape index (κ2) is 10.1. The number of hydrogen-bond acceptors (Lipinski definition) is 3. The summed E-state index contributed by atoms with van der Waals surface area (Å²) in [6, 6.07) is 0. The third kappa shape index (κ3) is 11.6. The van der Waals surface area contributed by atoms with Crippen LogP contribution in [-0.2, 0) is 14.3 Å². The zero-order valence-electron chi connectivity index (χ0n) is 11.8. The molecule has 0 spiro atoms. The Morgan fingerprint density at radius 3 is 2.33 bits per heavy atom. The van der Waals surface area contributed by atoms with E-state index in [1.165, 1.54) is 19.3 Å². The molecule has 0 aromatic carbocycles. The summed E-state index contributed by atoms with van der Waals surface area (Å²) in [6.07, 6.45) is 4.16. The summed E-state index contributed by atoms with van der Waals surface area (Å²) in [7, 11) is 0. The largest absolute Gasteiger partial charge is 0.481 e. The molecule has 1 atom stereocenters. The second-order valence-corrected chi connectivity index (χ2v) is 5.38. The Hall–Kier alpha value is -0.900. The molecule has 0 aliphatic carbocycles. The number of carboxylic acid groups (broad SMARTS) is 1. The van der Waals surface area contributed by atoms with Gasteiger partial charge < -0.3 is 9.84 Å². The average Bonchev–Trinajstić information content (AvgIpc) is 2.23. The zero-order chi connectivity index (χ0) is 14.0. The molecule has 0 amide bonds. The van der Waals surface area contributed by atoms with Gasteiger partial charge in [-0.25, -0.2) is 0 Å². The van der Waals surface area contributed by atoms with Crippen LogP contribution in [0.3, 0.4) is 0 Å². The van der Waals surface area contributed by atoms with Crippen LogP contribution in [0.25, 0.3) is 0 Å². The molecule has 0 saturated heterocycles. The molecule has 0 fully saturated rings. The first-order valence-corrected chi connectivity index (χ1v) is 6.73. The van der Waals surface area contributed by atoms with E-state index in [0.29, 0.717) is 12.5 Å². The molecule has 0 aromatic heterocycles. The van der Waals surface area contributed by atoms with Crippen molar-refractivity contribution in [1.82, 2.24) is 0 Å². The monoisotopic (exact) mass is 258 g/mol. The molecule has 4 nitrogen and oxygen atoms in total. The highest BCUT2D eigenvalue weighted by molar-refractivity contribution is 5.95. The van der Waals surface area contributed by atoms with Crippen molar-refractivity contribution in [2.24, 2.45) is 11.8 Å². The first-order chi connectivity index (χ1) is 8.41. The van der Waals surface area contributed by atoms with Crippen molar-refractivity contribution in [3.8, 4) is 0 Å². The summed E-state index contributed by atoms with van der Waals surface area (Å²) in [5, 5.41) is 8.39. The highest BCUT2D eigenvalue weighted by Crippen LogP contribution is 2.15. The lowest BCUT2D eigenvalue weighted by Crippen LogP contribution is -2.14. The number of carboxylic acids is 1. The van der Waals surface area contributed by atoms with E-state index in [-0.39, 0.29) is 12.4 Å². The number of carbonyl (C=O) groups excluding carboxylic acids is 1. The van der Waals surface area contributed by atoms with E-state index in [0.717, 1.165) is 12.3 Å². The maximum Gasteiger partial charge on any atom is 0.310 e. The third-order valence-electron chi connectivity index (χ3n) is 2.84. The summed E-state index contributed by atoms with van der Waals surface area (Å²) < 4.78 is 5.18. The first-order valence-electron chi connectivity index (χ1n) is 6.73. The Morgan fingerprint density at radius 2 is 1.78 bits per heavy atom. The number of rotatable bonds is 11. The standard InChI is InChI=1S/C14H26O4/c1-11(2)5-4-6-12(3)7-8-18-10-13(15)9-14(16)17/h11-12H,4-10H2,1-3H3,(H,16,17). The van der Waals surface area contributed by atoms with Gasteiger partial charge >= 0.3 is 5.97 Å². The number of ether oxygens (including phenoxy) is 1. The van der Waals surface area contributed by atoms with Gasteiger partial charge in [0.25, 0.3) is 0 Å². The maximum atomic E-state index is 11.0. The van der Waals surface area contributed by atoms with Crippen LogP contribution in [0.1, 0.15) is 52.9 Å². The van der Waals surface area contributed by atoms with Gasteiger partial charge in [-0.2, -0.15) is 0 Å². The van der Waals surface area contributed by atoms with Crippen molar-refractivity contribution in [1.29, 1.82) is 0 Å².